The normalized spacial score (nSPS) is 12.9. The average molecular weight is 247 g/mol. The Balaban J connectivity index is 2.18. The first kappa shape index (κ1) is 10.1. The van der Waals surface area contributed by atoms with E-state index in [4.69, 9.17) is 16.3 Å². The second-order valence-corrected chi connectivity index (χ2v) is 3.93. The van der Waals surface area contributed by atoms with Gasteiger partial charge in [-0.15, -0.1) is 0 Å². The van der Waals surface area contributed by atoms with E-state index in [0.717, 1.165) is 0 Å². The SMILES string of the molecule is O=C1Nc2ccc(Cl)nc2Oc2ccccc21. The third kappa shape index (κ3) is 1.72. The van der Waals surface area contributed by atoms with Crippen LogP contribution in [0.25, 0.3) is 0 Å². The Kier molecular flexibility index (Phi) is 2.23. The minimum Gasteiger partial charge on any atom is -0.436 e. The highest BCUT2D eigenvalue weighted by Gasteiger charge is 2.21. The summed E-state index contributed by atoms with van der Waals surface area (Å²) in [6, 6.07) is 10.2. The number of hydrogen-bond acceptors (Lipinski definition) is 3. The summed E-state index contributed by atoms with van der Waals surface area (Å²) in [5.74, 6) is 0.554. The van der Waals surface area contributed by atoms with Gasteiger partial charge >= 0.3 is 0 Å². The molecule has 0 atom stereocenters. The lowest BCUT2D eigenvalue weighted by atomic mass is 10.2. The number of carbonyl (C=O) groups is 1. The van der Waals surface area contributed by atoms with Crippen molar-refractivity contribution in [3.05, 3.63) is 47.1 Å². The van der Waals surface area contributed by atoms with Crippen molar-refractivity contribution in [2.45, 2.75) is 0 Å². The minimum absolute atomic E-state index is 0.219. The van der Waals surface area contributed by atoms with E-state index < -0.39 is 0 Å². The van der Waals surface area contributed by atoms with Crippen molar-refractivity contribution < 1.29 is 9.53 Å². The smallest absolute Gasteiger partial charge is 0.259 e. The van der Waals surface area contributed by atoms with Crippen molar-refractivity contribution in [1.82, 2.24) is 4.98 Å². The fourth-order valence-corrected chi connectivity index (χ4v) is 1.77. The molecule has 2 aromatic rings. The predicted octanol–water partition coefficient (Wildman–Crippen LogP) is 3.09. The molecule has 0 saturated carbocycles. The summed E-state index contributed by atoms with van der Waals surface area (Å²) >= 11 is 5.79. The molecule has 1 aromatic heterocycles. The summed E-state index contributed by atoms with van der Waals surface area (Å²) in [6.07, 6.45) is 0. The first-order valence-electron chi connectivity index (χ1n) is 4.99. The Hall–Kier alpha value is -2.07. The molecule has 84 valence electrons. The summed E-state index contributed by atoms with van der Waals surface area (Å²) < 4.78 is 5.57. The zero-order valence-corrected chi connectivity index (χ0v) is 9.36. The number of halogens is 1. The summed E-state index contributed by atoms with van der Waals surface area (Å²) in [7, 11) is 0. The molecular weight excluding hydrogens is 240 g/mol. The second-order valence-electron chi connectivity index (χ2n) is 3.54. The first-order valence-corrected chi connectivity index (χ1v) is 5.36. The summed E-state index contributed by atoms with van der Waals surface area (Å²) in [6.45, 7) is 0. The van der Waals surface area contributed by atoms with Crippen LogP contribution in [0.4, 0.5) is 5.69 Å². The monoisotopic (exact) mass is 246 g/mol. The maximum atomic E-state index is 11.9. The second kappa shape index (κ2) is 3.75. The third-order valence-electron chi connectivity index (χ3n) is 2.41. The van der Waals surface area contributed by atoms with Gasteiger partial charge in [0, 0.05) is 0 Å². The zero-order valence-electron chi connectivity index (χ0n) is 8.61. The van der Waals surface area contributed by atoms with Crippen LogP contribution in [-0.4, -0.2) is 10.9 Å². The Bertz CT molecular complexity index is 613. The number of rotatable bonds is 0. The van der Waals surface area contributed by atoms with Gasteiger partial charge in [-0.3, -0.25) is 4.79 Å². The molecule has 4 nitrogen and oxygen atoms in total. The number of benzene rings is 1. The standard InChI is InChI=1S/C12H7ClN2O2/c13-10-6-5-8-12(15-10)17-9-4-2-1-3-7(9)11(16)14-8/h1-6H,(H,14,16). The Morgan fingerprint density at radius 2 is 2.00 bits per heavy atom. The summed E-state index contributed by atoms with van der Waals surface area (Å²) in [5, 5.41) is 3.04. The molecule has 1 N–H and O–H groups in total. The lowest BCUT2D eigenvalue weighted by Gasteiger charge is -2.05. The van der Waals surface area contributed by atoms with Crippen molar-refractivity contribution in [1.29, 1.82) is 0 Å². The Morgan fingerprint density at radius 3 is 2.88 bits per heavy atom. The molecule has 2 heterocycles. The summed E-state index contributed by atoms with van der Waals surface area (Å²) in [4.78, 5) is 15.9. The number of nitrogens with zero attached hydrogens (tertiary/aromatic N) is 1. The molecule has 1 amide bonds. The molecule has 0 radical (unpaired) electrons. The van der Waals surface area contributed by atoms with Gasteiger partial charge in [-0.25, -0.2) is 0 Å². The third-order valence-corrected chi connectivity index (χ3v) is 2.62. The van der Waals surface area contributed by atoms with Crippen molar-refractivity contribution in [2.75, 3.05) is 5.32 Å². The fraction of sp³-hybridized carbons (Fsp3) is 0. The number of amides is 1. The van der Waals surface area contributed by atoms with Gasteiger partial charge in [-0.1, -0.05) is 23.7 Å². The van der Waals surface area contributed by atoms with E-state index in [0.29, 0.717) is 28.0 Å². The maximum Gasteiger partial charge on any atom is 0.259 e. The van der Waals surface area contributed by atoms with Crippen LogP contribution in [0.5, 0.6) is 11.6 Å². The quantitative estimate of drug-likeness (QED) is 0.727. The van der Waals surface area contributed by atoms with Crippen molar-refractivity contribution in [3.63, 3.8) is 0 Å². The number of carbonyl (C=O) groups excluding carboxylic acids is 1. The molecule has 1 aromatic carbocycles. The van der Waals surface area contributed by atoms with Crippen molar-refractivity contribution in [3.8, 4) is 11.6 Å². The largest absolute Gasteiger partial charge is 0.436 e. The van der Waals surface area contributed by atoms with E-state index in [9.17, 15) is 4.79 Å². The molecule has 1 aliphatic rings. The van der Waals surface area contributed by atoms with Gasteiger partial charge in [0.2, 0.25) is 5.88 Å². The minimum atomic E-state index is -0.219. The molecular formula is C12H7ClN2O2. The van der Waals surface area contributed by atoms with Crippen LogP contribution >= 0.6 is 11.6 Å². The van der Waals surface area contributed by atoms with Gasteiger partial charge in [0.05, 0.1) is 5.56 Å². The highest BCUT2D eigenvalue weighted by atomic mass is 35.5. The van der Waals surface area contributed by atoms with Crippen LogP contribution in [0, 0.1) is 0 Å². The summed E-state index contributed by atoms with van der Waals surface area (Å²) in [5.41, 5.74) is 0.984. The van der Waals surface area contributed by atoms with E-state index in [1.54, 1.807) is 36.4 Å². The van der Waals surface area contributed by atoms with Gasteiger partial charge in [-0.05, 0) is 24.3 Å². The molecule has 1 aliphatic heterocycles. The number of fused-ring (bicyclic) bond motifs is 2. The molecule has 0 spiro atoms. The number of aromatic nitrogens is 1. The first-order chi connectivity index (χ1) is 8.24. The highest BCUT2D eigenvalue weighted by Crippen LogP contribution is 2.34. The van der Waals surface area contributed by atoms with Gasteiger partial charge in [-0.2, -0.15) is 4.98 Å². The number of pyridine rings is 1. The molecule has 0 fully saturated rings. The van der Waals surface area contributed by atoms with E-state index in [-0.39, 0.29) is 5.91 Å². The van der Waals surface area contributed by atoms with E-state index in [2.05, 4.69) is 10.3 Å². The van der Waals surface area contributed by atoms with E-state index >= 15 is 0 Å². The lowest BCUT2D eigenvalue weighted by molar-refractivity contribution is 0.102. The van der Waals surface area contributed by atoms with Crippen LogP contribution in [0.2, 0.25) is 5.15 Å². The maximum absolute atomic E-state index is 11.9. The van der Waals surface area contributed by atoms with Crippen LogP contribution < -0.4 is 10.1 Å². The van der Waals surface area contributed by atoms with Crippen molar-refractivity contribution >= 4 is 23.2 Å². The number of nitrogens with one attached hydrogen (secondary N) is 1. The number of anilines is 1. The Morgan fingerprint density at radius 1 is 1.18 bits per heavy atom. The lowest BCUT2D eigenvalue weighted by Crippen LogP contribution is -2.10. The van der Waals surface area contributed by atoms with Crippen molar-refractivity contribution in [2.24, 2.45) is 0 Å². The van der Waals surface area contributed by atoms with Gasteiger partial charge in [0.15, 0.2) is 0 Å². The van der Waals surface area contributed by atoms with E-state index in [1.165, 1.54) is 0 Å². The van der Waals surface area contributed by atoms with Gasteiger partial charge in [0.1, 0.15) is 16.6 Å². The zero-order chi connectivity index (χ0) is 11.8. The highest BCUT2D eigenvalue weighted by molar-refractivity contribution is 6.29. The predicted molar refractivity (Wildman–Crippen MR) is 63.7 cm³/mol. The molecule has 0 aliphatic carbocycles. The van der Waals surface area contributed by atoms with Crippen LogP contribution in [0.3, 0.4) is 0 Å². The topological polar surface area (TPSA) is 51.2 Å². The molecule has 0 saturated heterocycles. The Labute approximate surface area is 102 Å². The van der Waals surface area contributed by atoms with Crippen LogP contribution in [0.1, 0.15) is 10.4 Å². The number of hydrogen-bond donors (Lipinski definition) is 1. The molecule has 0 bridgehead atoms. The van der Waals surface area contributed by atoms with Gasteiger partial charge < -0.3 is 10.1 Å². The molecule has 0 unspecified atom stereocenters. The van der Waals surface area contributed by atoms with Crippen LogP contribution in [-0.2, 0) is 0 Å². The number of ether oxygens (including phenoxy) is 1. The average Bonchev–Trinajstić information content (AvgIpc) is 2.46. The fourth-order valence-electron chi connectivity index (χ4n) is 1.63. The van der Waals surface area contributed by atoms with Gasteiger partial charge in [0.25, 0.3) is 5.91 Å². The molecule has 17 heavy (non-hydrogen) atoms. The van der Waals surface area contributed by atoms with E-state index in [1.807, 2.05) is 0 Å². The number of para-hydroxylation sites is 1. The molecule has 3 rings (SSSR count). The molecule has 5 heteroatoms. The van der Waals surface area contributed by atoms with Crippen LogP contribution in [0.15, 0.2) is 36.4 Å².